The molecule has 0 saturated carbocycles. The van der Waals surface area contributed by atoms with E-state index in [2.05, 4.69) is 17.6 Å². The lowest BCUT2D eigenvalue weighted by Gasteiger charge is -2.26. The second kappa shape index (κ2) is 8.88. The van der Waals surface area contributed by atoms with Crippen molar-refractivity contribution in [1.82, 2.24) is 15.5 Å². The van der Waals surface area contributed by atoms with Gasteiger partial charge in [0.25, 0.3) is 0 Å². The average Bonchev–Trinajstić information content (AvgIpc) is 2.42. The number of carbonyl (C=O) groups is 2. The van der Waals surface area contributed by atoms with Crippen LogP contribution in [0, 0.1) is 0 Å². The summed E-state index contributed by atoms with van der Waals surface area (Å²) in [7, 11) is 0. The first-order chi connectivity index (χ1) is 8.75. The van der Waals surface area contributed by atoms with Crippen LogP contribution in [0.15, 0.2) is 0 Å². The predicted octanol–water partition coefficient (Wildman–Crippen LogP) is -0.649. The van der Waals surface area contributed by atoms with Crippen LogP contribution in [0.3, 0.4) is 0 Å². The van der Waals surface area contributed by atoms with Gasteiger partial charge in [0.2, 0.25) is 0 Å². The Balaban J connectivity index is 2.09. The lowest BCUT2D eigenvalue weighted by Crippen LogP contribution is -2.51. The Morgan fingerprint density at radius 3 is 2.67 bits per heavy atom. The maximum atomic E-state index is 11.7. The SMILES string of the molecule is CCCCOCCNC(=O)C(=O)N1CCNCC1. The largest absolute Gasteiger partial charge is 0.380 e. The van der Waals surface area contributed by atoms with E-state index in [1.165, 1.54) is 0 Å². The van der Waals surface area contributed by atoms with Crippen molar-refractivity contribution in [3.63, 3.8) is 0 Å². The third kappa shape index (κ3) is 5.46. The van der Waals surface area contributed by atoms with Gasteiger partial charge in [0.1, 0.15) is 0 Å². The van der Waals surface area contributed by atoms with Crippen molar-refractivity contribution in [3.8, 4) is 0 Å². The molecule has 0 bridgehead atoms. The van der Waals surface area contributed by atoms with Gasteiger partial charge in [-0.3, -0.25) is 9.59 Å². The standard InChI is InChI=1S/C12H23N3O3/c1-2-3-9-18-10-6-14-11(16)12(17)15-7-4-13-5-8-15/h13H,2-10H2,1H3,(H,14,16). The van der Waals surface area contributed by atoms with Crippen LogP contribution >= 0.6 is 0 Å². The molecule has 2 amide bonds. The van der Waals surface area contributed by atoms with Crippen molar-refractivity contribution < 1.29 is 14.3 Å². The molecule has 1 aliphatic heterocycles. The smallest absolute Gasteiger partial charge is 0.311 e. The molecule has 0 aromatic heterocycles. The number of rotatable bonds is 6. The van der Waals surface area contributed by atoms with Crippen LogP contribution in [0.25, 0.3) is 0 Å². The molecule has 0 aliphatic carbocycles. The molecule has 1 rings (SSSR count). The topological polar surface area (TPSA) is 70.7 Å². The summed E-state index contributed by atoms with van der Waals surface area (Å²) < 4.78 is 5.30. The van der Waals surface area contributed by atoms with Gasteiger partial charge < -0.3 is 20.3 Å². The zero-order chi connectivity index (χ0) is 13.2. The normalized spacial score (nSPS) is 15.5. The van der Waals surface area contributed by atoms with Gasteiger partial charge in [-0.15, -0.1) is 0 Å². The summed E-state index contributed by atoms with van der Waals surface area (Å²) >= 11 is 0. The molecule has 104 valence electrons. The molecule has 1 fully saturated rings. The third-order valence-electron chi connectivity index (χ3n) is 2.77. The van der Waals surface area contributed by atoms with Crippen molar-refractivity contribution in [3.05, 3.63) is 0 Å². The fraction of sp³-hybridized carbons (Fsp3) is 0.833. The van der Waals surface area contributed by atoms with Gasteiger partial charge in [0.15, 0.2) is 0 Å². The summed E-state index contributed by atoms with van der Waals surface area (Å²) in [4.78, 5) is 24.8. The Labute approximate surface area is 108 Å². The molecule has 0 aromatic carbocycles. The summed E-state index contributed by atoms with van der Waals surface area (Å²) in [6.07, 6.45) is 2.11. The average molecular weight is 257 g/mol. The highest BCUT2D eigenvalue weighted by Gasteiger charge is 2.22. The maximum absolute atomic E-state index is 11.7. The first-order valence-corrected chi connectivity index (χ1v) is 6.61. The molecular formula is C12H23N3O3. The number of piperazine rings is 1. The minimum Gasteiger partial charge on any atom is -0.380 e. The van der Waals surface area contributed by atoms with Gasteiger partial charge in [-0.1, -0.05) is 13.3 Å². The number of ether oxygens (including phenoxy) is 1. The van der Waals surface area contributed by atoms with E-state index in [0.717, 1.165) is 25.9 Å². The monoisotopic (exact) mass is 257 g/mol. The molecular weight excluding hydrogens is 234 g/mol. The van der Waals surface area contributed by atoms with Crippen molar-refractivity contribution in [2.45, 2.75) is 19.8 Å². The first kappa shape index (κ1) is 14.9. The van der Waals surface area contributed by atoms with E-state index >= 15 is 0 Å². The van der Waals surface area contributed by atoms with E-state index in [1.807, 2.05) is 0 Å². The Kier molecular flexibility index (Phi) is 7.36. The second-order valence-corrected chi connectivity index (χ2v) is 4.26. The fourth-order valence-corrected chi connectivity index (χ4v) is 1.67. The molecule has 6 nitrogen and oxygen atoms in total. The van der Waals surface area contributed by atoms with Gasteiger partial charge in [-0.2, -0.15) is 0 Å². The Bertz CT molecular complexity index is 265. The predicted molar refractivity (Wildman–Crippen MR) is 68.2 cm³/mol. The Hall–Kier alpha value is -1.14. The molecule has 0 aromatic rings. The number of nitrogens with zero attached hydrogens (tertiary/aromatic N) is 1. The third-order valence-corrected chi connectivity index (χ3v) is 2.77. The quantitative estimate of drug-likeness (QED) is 0.490. The van der Waals surface area contributed by atoms with Gasteiger partial charge in [-0.05, 0) is 6.42 Å². The Morgan fingerprint density at radius 2 is 2.00 bits per heavy atom. The zero-order valence-electron chi connectivity index (χ0n) is 11.0. The zero-order valence-corrected chi connectivity index (χ0v) is 11.0. The number of amides is 2. The number of nitrogens with one attached hydrogen (secondary N) is 2. The summed E-state index contributed by atoms with van der Waals surface area (Å²) in [6.45, 7) is 6.34. The number of carbonyl (C=O) groups excluding carboxylic acids is 2. The van der Waals surface area contributed by atoms with Gasteiger partial charge in [-0.25, -0.2) is 0 Å². The van der Waals surface area contributed by atoms with Crippen LogP contribution in [0.5, 0.6) is 0 Å². The van der Waals surface area contributed by atoms with Crippen molar-refractivity contribution in [2.24, 2.45) is 0 Å². The van der Waals surface area contributed by atoms with Crippen molar-refractivity contribution >= 4 is 11.8 Å². The van der Waals surface area contributed by atoms with Gasteiger partial charge in [0.05, 0.1) is 6.61 Å². The first-order valence-electron chi connectivity index (χ1n) is 6.61. The summed E-state index contributed by atoms with van der Waals surface area (Å²) in [5, 5.41) is 5.72. The maximum Gasteiger partial charge on any atom is 0.311 e. The minimum absolute atomic E-state index is 0.389. The van der Waals surface area contributed by atoms with Crippen LogP contribution in [-0.2, 0) is 14.3 Å². The van der Waals surface area contributed by atoms with Crippen LogP contribution in [0.1, 0.15) is 19.8 Å². The van der Waals surface area contributed by atoms with E-state index < -0.39 is 11.8 Å². The molecule has 0 radical (unpaired) electrons. The molecule has 0 atom stereocenters. The van der Waals surface area contributed by atoms with Crippen LogP contribution in [-0.4, -0.2) is 62.7 Å². The molecule has 1 saturated heterocycles. The van der Waals surface area contributed by atoms with Crippen LogP contribution < -0.4 is 10.6 Å². The molecule has 0 spiro atoms. The second-order valence-electron chi connectivity index (χ2n) is 4.26. The van der Waals surface area contributed by atoms with E-state index in [-0.39, 0.29) is 0 Å². The van der Waals surface area contributed by atoms with E-state index in [1.54, 1.807) is 4.90 Å². The lowest BCUT2D eigenvalue weighted by atomic mass is 10.3. The molecule has 6 heteroatoms. The lowest BCUT2D eigenvalue weighted by molar-refractivity contribution is -0.146. The van der Waals surface area contributed by atoms with Gasteiger partial charge in [0, 0.05) is 39.3 Å². The van der Waals surface area contributed by atoms with Crippen LogP contribution in [0.4, 0.5) is 0 Å². The molecule has 18 heavy (non-hydrogen) atoms. The summed E-state index contributed by atoms with van der Waals surface area (Å²) in [5.41, 5.74) is 0. The fourth-order valence-electron chi connectivity index (χ4n) is 1.67. The highest BCUT2D eigenvalue weighted by molar-refractivity contribution is 6.35. The van der Waals surface area contributed by atoms with E-state index in [0.29, 0.717) is 32.8 Å². The molecule has 2 N–H and O–H groups in total. The van der Waals surface area contributed by atoms with Gasteiger partial charge >= 0.3 is 11.8 Å². The van der Waals surface area contributed by atoms with Crippen molar-refractivity contribution in [2.75, 3.05) is 45.9 Å². The number of hydrogen-bond acceptors (Lipinski definition) is 4. The Morgan fingerprint density at radius 1 is 1.28 bits per heavy atom. The number of hydrogen-bond donors (Lipinski definition) is 2. The molecule has 1 heterocycles. The van der Waals surface area contributed by atoms with Crippen molar-refractivity contribution in [1.29, 1.82) is 0 Å². The number of unbranched alkanes of at least 4 members (excludes halogenated alkanes) is 1. The van der Waals surface area contributed by atoms with E-state index in [9.17, 15) is 9.59 Å². The highest BCUT2D eigenvalue weighted by atomic mass is 16.5. The summed E-state index contributed by atoms with van der Waals surface area (Å²) in [6, 6.07) is 0. The highest BCUT2D eigenvalue weighted by Crippen LogP contribution is 1.93. The summed E-state index contributed by atoms with van der Waals surface area (Å²) in [5.74, 6) is -0.971. The van der Waals surface area contributed by atoms with E-state index in [4.69, 9.17) is 4.74 Å². The minimum atomic E-state index is -0.531. The molecule has 0 unspecified atom stereocenters. The van der Waals surface area contributed by atoms with Crippen LogP contribution in [0.2, 0.25) is 0 Å². The molecule has 1 aliphatic rings.